The van der Waals surface area contributed by atoms with Crippen LogP contribution in [0.15, 0.2) is 36.5 Å². The molecule has 3 saturated heterocycles. The number of methoxy groups -OCH3 is 1. The maximum Gasteiger partial charge on any atom is 0.318 e. The van der Waals surface area contributed by atoms with Crippen LogP contribution < -0.4 is 15.0 Å². The number of phenolic OH excluding ortho intramolecular Hbond substituents is 1. The third kappa shape index (κ3) is 4.91. The highest BCUT2D eigenvalue weighted by Crippen LogP contribution is 2.61. The number of halogens is 3. The minimum atomic E-state index is -2.86. The molecule has 3 aromatic heterocycles. The van der Waals surface area contributed by atoms with Crippen molar-refractivity contribution in [3.63, 3.8) is 0 Å². The van der Waals surface area contributed by atoms with Crippen molar-refractivity contribution in [2.45, 2.75) is 63.0 Å². The fourth-order valence-corrected chi connectivity index (χ4v) is 9.76. The molecule has 10 nitrogen and oxygen atoms in total. The van der Waals surface area contributed by atoms with Gasteiger partial charge in [-0.1, -0.05) is 13.0 Å². The second-order valence-electron chi connectivity index (χ2n) is 15.8. The van der Waals surface area contributed by atoms with Gasteiger partial charge in [0.15, 0.2) is 0 Å². The summed E-state index contributed by atoms with van der Waals surface area (Å²) in [6, 6.07) is 8.69. The van der Waals surface area contributed by atoms with E-state index >= 15 is 13.2 Å². The first-order valence-corrected chi connectivity index (χ1v) is 18.5. The number of anilines is 1. The number of fused-ring (bicyclic) bond motifs is 9. The molecule has 3 aliphatic heterocycles. The van der Waals surface area contributed by atoms with Crippen LogP contribution in [0.2, 0.25) is 0 Å². The summed E-state index contributed by atoms with van der Waals surface area (Å²) in [5.41, 5.74) is 2.60. The van der Waals surface area contributed by atoms with Gasteiger partial charge in [0.25, 0.3) is 5.92 Å². The molecule has 1 saturated carbocycles. The molecule has 2 aromatic carbocycles. The van der Waals surface area contributed by atoms with Crippen LogP contribution in [0.4, 0.5) is 19.0 Å². The van der Waals surface area contributed by atoms with Gasteiger partial charge in [-0.15, -0.1) is 0 Å². The summed E-state index contributed by atoms with van der Waals surface area (Å²) >= 11 is 0. The summed E-state index contributed by atoms with van der Waals surface area (Å²) in [5.74, 6) is -2.38. The second kappa shape index (κ2) is 11.6. The molecule has 13 heteroatoms. The Bertz CT molecular complexity index is 2260. The Morgan fingerprint density at radius 3 is 2.65 bits per heavy atom. The zero-order valence-electron chi connectivity index (χ0n) is 29.3. The number of phenols is 1. The zero-order chi connectivity index (χ0) is 35.5. The van der Waals surface area contributed by atoms with Crippen molar-refractivity contribution in [1.29, 1.82) is 0 Å². The monoisotopic (exact) mass is 713 g/mol. The normalized spacial score (nSPS) is 27.0. The molecule has 4 unspecified atom stereocenters. The van der Waals surface area contributed by atoms with Crippen molar-refractivity contribution in [2.75, 3.05) is 57.9 Å². The minimum absolute atomic E-state index is 0.0312. The molecule has 52 heavy (non-hydrogen) atoms. The van der Waals surface area contributed by atoms with Gasteiger partial charge in [-0.3, -0.25) is 0 Å². The number of benzene rings is 2. The van der Waals surface area contributed by atoms with Crippen molar-refractivity contribution < 1.29 is 27.8 Å². The van der Waals surface area contributed by atoms with Crippen molar-refractivity contribution in [3.8, 4) is 23.0 Å². The number of rotatable bonds is 7. The smallest absolute Gasteiger partial charge is 0.318 e. The van der Waals surface area contributed by atoms with E-state index < -0.39 is 17.3 Å². The Labute approximate surface area is 298 Å². The number of aromatic nitrogens is 4. The Morgan fingerprint density at radius 1 is 1.04 bits per heavy atom. The van der Waals surface area contributed by atoms with E-state index in [2.05, 4.69) is 15.1 Å². The van der Waals surface area contributed by atoms with Gasteiger partial charge in [0, 0.05) is 74.9 Å². The van der Waals surface area contributed by atoms with Gasteiger partial charge in [0.1, 0.15) is 24.0 Å². The lowest BCUT2D eigenvalue weighted by Crippen LogP contribution is -2.42. The molecule has 2 N–H and O–H groups in total. The summed E-state index contributed by atoms with van der Waals surface area (Å²) < 4.78 is 60.2. The number of nitrogens with one attached hydrogen (secondary N) is 1. The molecule has 4 atom stereocenters. The fourth-order valence-electron chi connectivity index (χ4n) is 9.76. The van der Waals surface area contributed by atoms with Gasteiger partial charge in [-0.2, -0.15) is 15.1 Å². The van der Waals surface area contributed by atoms with Crippen LogP contribution in [0.25, 0.3) is 38.4 Å². The van der Waals surface area contributed by atoms with Crippen molar-refractivity contribution in [2.24, 2.45) is 11.3 Å². The van der Waals surface area contributed by atoms with Gasteiger partial charge in [-0.25, -0.2) is 17.7 Å². The Kier molecular flexibility index (Phi) is 7.27. The highest BCUT2D eigenvalue weighted by molar-refractivity contribution is 6.11. The van der Waals surface area contributed by atoms with Gasteiger partial charge >= 0.3 is 6.01 Å². The number of hydrogen-bond donors (Lipinski definition) is 2. The minimum Gasteiger partial charge on any atom is -0.508 e. The first-order chi connectivity index (χ1) is 25.1. The third-order valence-corrected chi connectivity index (χ3v) is 12.6. The molecular formula is C39H42F3N7O3. The third-order valence-electron chi connectivity index (χ3n) is 12.6. The van der Waals surface area contributed by atoms with Gasteiger partial charge in [0.2, 0.25) is 0 Å². The van der Waals surface area contributed by atoms with Crippen molar-refractivity contribution in [1.82, 2.24) is 29.8 Å². The standard InChI is InChI=1S/C39H42F3N7O3/c1-21-30-28(40)4-3-23-14-25(50)15-27(32(23)30)35-31(21)34-33(29-5-9-44-49(29)35)36(48-12-6-22-13-24(17-48)43-16-22)46-37(45-34)52-20-38(18-39(38,41)42)19-47-10-7-26(51-2)8-11-47/h3-5,9,14-15,21-22,24,26,43,50H,6-8,10-13,16-20H2,1-2H3. The number of aromatic hydroxyl groups is 1. The maximum atomic E-state index is 15.9. The van der Waals surface area contributed by atoms with Gasteiger partial charge in [0.05, 0.1) is 39.8 Å². The summed E-state index contributed by atoms with van der Waals surface area (Å²) in [6.07, 6.45) is 5.32. The largest absolute Gasteiger partial charge is 0.508 e. The number of pyridine rings is 1. The summed E-state index contributed by atoms with van der Waals surface area (Å²) in [4.78, 5) is 14.5. The molecule has 0 spiro atoms. The van der Waals surface area contributed by atoms with Crippen LogP contribution in [-0.4, -0.2) is 101 Å². The molecule has 6 heterocycles. The summed E-state index contributed by atoms with van der Waals surface area (Å²) in [5, 5.41) is 21.5. The molecule has 0 amide bonds. The number of likely N-dealkylation sites (tertiary alicyclic amines) is 1. The summed E-state index contributed by atoms with van der Waals surface area (Å²) in [7, 11) is 1.70. The molecular weight excluding hydrogens is 671 g/mol. The van der Waals surface area contributed by atoms with E-state index in [4.69, 9.17) is 24.5 Å². The lowest BCUT2D eigenvalue weighted by molar-refractivity contribution is -0.000554. The predicted molar refractivity (Wildman–Crippen MR) is 191 cm³/mol. The average Bonchev–Trinajstić information content (AvgIpc) is 3.43. The highest BCUT2D eigenvalue weighted by atomic mass is 19.3. The Balaban J connectivity index is 1.14. The van der Waals surface area contributed by atoms with E-state index in [9.17, 15) is 5.11 Å². The topological polar surface area (TPSA) is 100 Å². The van der Waals surface area contributed by atoms with Gasteiger partial charge in [-0.05, 0) is 73.2 Å². The predicted octanol–water partition coefficient (Wildman–Crippen LogP) is 6.11. The Hall–Kier alpha value is -4.20. The lowest BCUT2D eigenvalue weighted by atomic mass is 9.78. The molecule has 10 rings (SSSR count). The molecule has 0 radical (unpaired) electrons. The highest BCUT2D eigenvalue weighted by Gasteiger charge is 2.72. The van der Waals surface area contributed by atoms with E-state index in [1.165, 1.54) is 6.07 Å². The van der Waals surface area contributed by atoms with Crippen LogP contribution >= 0.6 is 0 Å². The maximum absolute atomic E-state index is 15.9. The van der Waals surface area contributed by atoms with Crippen molar-refractivity contribution in [3.05, 3.63) is 53.5 Å². The number of nitrogens with zero attached hydrogens (tertiary/aromatic N) is 6. The number of alkyl halides is 2. The molecule has 272 valence electrons. The van der Waals surface area contributed by atoms with E-state index in [1.54, 1.807) is 31.5 Å². The lowest BCUT2D eigenvalue weighted by Gasteiger charge is -2.34. The molecule has 2 bridgehead atoms. The molecule has 5 aliphatic rings. The Morgan fingerprint density at radius 2 is 1.87 bits per heavy atom. The average molecular weight is 714 g/mol. The molecule has 2 aliphatic carbocycles. The second-order valence-corrected chi connectivity index (χ2v) is 15.8. The number of ether oxygens (including phenoxy) is 2. The molecule has 5 aromatic rings. The first kappa shape index (κ1) is 32.5. The van der Waals surface area contributed by atoms with Crippen LogP contribution in [-0.2, 0) is 4.74 Å². The quantitative estimate of drug-likeness (QED) is 0.207. The number of piperidine rings is 1. The van der Waals surface area contributed by atoms with Crippen LogP contribution in [0.1, 0.15) is 56.1 Å². The number of hydrogen-bond acceptors (Lipinski definition) is 9. The van der Waals surface area contributed by atoms with Crippen molar-refractivity contribution >= 4 is 33.0 Å². The first-order valence-electron chi connectivity index (χ1n) is 18.5. The fraction of sp³-hybridized carbons (Fsp3) is 0.513. The molecule has 4 fully saturated rings. The van der Waals surface area contributed by atoms with Crippen LogP contribution in [0.5, 0.6) is 11.8 Å². The van der Waals surface area contributed by atoms with Gasteiger partial charge < -0.3 is 29.7 Å². The van der Waals surface area contributed by atoms with Crippen LogP contribution in [0.3, 0.4) is 0 Å². The van der Waals surface area contributed by atoms with E-state index in [-0.39, 0.29) is 49.3 Å². The van der Waals surface area contributed by atoms with E-state index in [0.717, 1.165) is 72.6 Å². The summed E-state index contributed by atoms with van der Waals surface area (Å²) in [6.45, 7) is 5.85. The SMILES string of the molecule is COC1CCN(CC2(COc3nc(N4CCC5CNC(C5)C4)c4c(n3)c3c(n5nccc45)-c4cc(O)cc5ccc(F)c(c45)C3C)CC2(F)F)CC1. The van der Waals surface area contributed by atoms with E-state index in [0.29, 0.717) is 47.2 Å². The van der Waals surface area contributed by atoms with Crippen LogP contribution in [0, 0.1) is 17.2 Å². The zero-order valence-corrected chi connectivity index (χ0v) is 29.3. The van der Waals surface area contributed by atoms with E-state index in [1.807, 2.05) is 17.5 Å².